The summed E-state index contributed by atoms with van der Waals surface area (Å²) >= 11 is 0. The molecule has 0 bridgehead atoms. The van der Waals surface area contributed by atoms with Crippen LogP contribution in [-0.2, 0) is 6.42 Å². The minimum Gasteiger partial charge on any atom is -0.432 e. The van der Waals surface area contributed by atoms with Gasteiger partial charge in [-0.15, -0.1) is 0 Å². The number of halogens is 4. The van der Waals surface area contributed by atoms with E-state index in [0.717, 1.165) is 29.7 Å². The van der Waals surface area contributed by atoms with Crippen LogP contribution in [0.25, 0.3) is 21.9 Å². The van der Waals surface area contributed by atoms with Crippen LogP contribution >= 0.6 is 0 Å². The van der Waals surface area contributed by atoms with Gasteiger partial charge in [-0.2, -0.15) is 8.78 Å². The first-order valence-electron chi connectivity index (χ1n) is 12.5. The normalized spacial score (nSPS) is 11.0. The van der Waals surface area contributed by atoms with E-state index in [1.165, 1.54) is 49.8 Å². The number of benzene rings is 4. The van der Waals surface area contributed by atoms with Gasteiger partial charge in [0.05, 0.1) is 0 Å². The molecule has 0 aliphatic carbocycles. The van der Waals surface area contributed by atoms with Gasteiger partial charge >= 0.3 is 6.61 Å². The molecule has 0 saturated carbocycles. The van der Waals surface area contributed by atoms with Crippen molar-refractivity contribution in [3.05, 3.63) is 101 Å². The van der Waals surface area contributed by atoms with Gasteiger partial charge in [-0.05, 0) is 65.8 Å². The van der Waals surface area contributed by atoms with E-state index in [-0.39, 0.29) is 11.1 Å². The van der Waals surface area contributed by atoms with Crippen LogP contribution in [0.1, 0.15) is 55.7 Å². The molecule has 1 nitrogen and oxygen atoms in total. The van der Waals surface area contributed by atoms with Gasteiger partial charge in [-0.1, -0.05) is 80.8 Å². The minimum atomic E-state index is -3.14. The first-order valence-corrected chi connectivity index (χ1v) is 12.5. The molecule has 0 amide bonds. The number of ether oxygens (including phenoxy) is 1. The van der Waals surface area contributed by atoms with E-state index in [0.29, 0.717) is 10.8 Å². The molecule has 0 fully saturated rings. The summed E-state index contributed by atoms with van der Waals surface area (Å²) in [4.78, 5) is 0. The molecule has 190 valence electrons. The topological polar surface area (TPSA) is 9.23 Å². The lowest BCUT2D eigenvalue weighted by molar-refractivity contribution is -0.0521. The Bertz CT molecular complexity index is 1410. The SMILES string of the molecule is CCCCCCCc1ccc(C#Cc2ccc3c(F)c(-c4ccc(OC(F)F)c(F)c4)ccc3c2)cc1. The Morgan fingerprint density at radius 2 is 1.49 bits per heavy atom. The Morgan fingerprint density at radius 3 is 2.22 bits per heavy atom. The van der Waals surface area contributed by atoms with Gasteiger partial charge in [0.1, 0.15) is 5.82 Å². The number of hydrogen-bond donors (Lipinski definition) is 0. The van der Waals surface area contributed by atoms with E-state index >= 15 is 4.39 Å². The summed E-state index contributed by atoms with van der Waals surface area (Å²) in [5.74, 6) is 4.21. The maximum atomic E-state index is 15.3. The molecule has 0 radical (unpaired) electrons. The molecule has 0 aromatic heterocycles. The lowest BCUT2D eigenvalue weighted by atomic mass is 9.98. The number of aryl methyl sites for hydroxylation is 1. The first-order chi connectivity index (χ1) is 17.9. The summed E-state index contributed by atoms with van der Waals surface area (Å²) < 4.78 is 58.3. The van der Waals surface area contributed by atoms with Crippen molar-refractivity contribution in [2.24, 2.45) is 0 Å². The highest BCUT2D eigenvalue weighted by Gasteiger charge is 2.14. The van der Waals surface area contributed by atoms with Crippen molar-refractivity contribution in [3.63, 3.8) is 0 Å². The maximum Gasteiger partial charge on any atom is 0.387 e. The van der Waals surface area contributed by atoms with E-state index < -0.39 is 24.0 Å². The zero-order chi connectivity index (χ0) is 26.2. The smallest absolute Gasteiger partial charge is 0.387 e. The Morgan fingerprint density at radius 1 is 0.757 bits per heavy atom. The highest BCUT2D eigenvalue weighted by atomic mass is 19.3. The molecule has 37 heavy (non-hydrogen) atoms. The van der Waals surface area contributed by atoms with Crippen molar-refractivity contribution in [1.29, 1.82) is 0 Å². The predicted molar refractivity (Wildman–Crippen MR) is 141 cm³/mol. The molecule has 4 aromatic rings. The molecule has 4 rings (SSSR count). The van der Waals surface area contributed by atoms with E-state index in [2.05, 4.69) is 35.6 Å². The van der Waals surface area contributed by atoms with Crippen LogP contribution in [0, 0.1) is 23.5 Å². The molecule has 0 N–H and O–H groups in total. The second kappa shape index (κ2) is 12.5. The summed E-state index contributed by atoms with van der Waals surface area (Å²) in [6, 6.07) is 20.2. The zero-order valence-electron chi connectivity index (χ0n) is 20.7. The maximum absolute atomic E-state index is 15.3. The highest BCUT2D eigenvalue weighted by Crippen LogP contribution is 2.32. The molecule has 0 atom stereocenters. The van der Waals surface area contributed by atoms with E-state index in [1.54, 1.807) is 24.3 Å². The molecule has 0 aliphatic rings. The van der Waals surface area contributed by atoms with Crippen LogP contribution in [-0.4, -0.2) is 6.61 Å². The van der Waals surface area contributed by atoms with Crippen LogP contribution in [0.2, 0.25) is 0 Å². The van der Waals surface area contributed by atoms with Gasteiger partial charge in [0, 0.05) is 22.1 Å². The quantitative estimate of drug-likeness (QED) is 0.125. The lowest BCUT2D eigenvalue weighted by Gasteiger charge is -2.10. The van der Waals surface area contributed by atoms with Gasteiger partial charge in [0.25, 0.3) is 0 Å². The predicted octanol–water partition coefficient (Wildman–Crippen LogP) is 9.30. The number of alkyl halides is 2. The fourth-order valence-electron chi connectivity index (χ4n) is 4.28. The third kappa shape index (κ3) is 6.92. The minimum absolute atomic E-state index is 0.166. The molecule has 0 saturated heterocycles. The van der Waals surface area contributed by atoms with Crippen LogP contribution in [0.15, 0.2) is 72.8 Å². The Hall–Kier alpha value is -3.78. The number of rotatable bonds is 9. The summed E-state index contributed by atoms with van der Waals surface area (Å²) in [7, 11) is 0. The first kappa shape index (κ1) is 26.3. The summed E-state index contributed by atoms with van der Waals surface area (Å²) in [6.07, 6.45) is 7.39. The largest absolute Gasteiger partial charge is 0.432 e. The molecule has 0 spiro atoms. The molecule has 0 aliphatic heterocycles. The van der Waals surface area contributed by atoms with Crippen molar-refractivity contribution in [2.45, 2.75) is 52.1 Å². The van der Waals surface area contributed by atoms with Gasteiger partial charge in [0.2, 0.25) is 0 Å². The van der Waals surface area contributed by atoms with Gasteiger partial charge in [-0.3, -0.25) is 0 Å². The average molecular weight is 505 g/mol. The third-order valence-electron chi connectivity index (χ3n) is 6.29. The Kier molecular flexibility index (Phi) is 8.85. The van der Waals surface area contributed by atoms with Crippen molar-refractivity contribution < 1.29 is 22.3 Å². The molecule has 5 heteroatoms. The second-order valence-corrected chi connectivity index (χ2v) is 9.00. The fourth-order valence-corrected chi connectivity index (χ4v) is 4.28. The van der Waals surface area contributed by atoms with Crippen LogP contribution in [0.3, 0.4) is 0 Å². The third-order valence-corrected chi connectivity index (χ3v) is 6.29. The standard InChI is InChI=1S/C32H28F4O/c1-2-3-4-5-6-7-22-8-10-23(11-9-22)12-13-24-14-17-27-25(20-24)15-18-28(31(27)34)26-16-19-30(29(33)21-26)37-32(35)36/h8-11,14-21,32H,2-7H2,1H3. The van der Waals surface area contributed by atoms with E-state index in [4.69, 9.17) is 0 Å². The number of fused-ring (bicyclic) bond motifs is 1. The van der Waals surface area contributed by atoms with E-state index in [9.17, 15) is 13.2 Å². The molecule has 0 heterocycles. The summed E-state index contributed by atoms with van der Waals surface area (Å²) in [5.41, 5.74) is 3.37. The average Bonchev–Trinajstić information content (AvgIpc) is 2.89. The van der Waals surface area contributed by atoms with Crippen molar-refractivity contribution in [1.82, 2.24) is 0 Å². The second-order valence-electron chi connectivity index (χ2n) is 9.00. The lowest BCUT2D eigenvalue weighted by Crippen LogP contribution is -2.03. The number of unbranched alkanes of at least 4 members (excludes halogenated alkanes) is 4. The van der Waals surface area contributed by atoms with Crippen LogP contribution in [0.5, 0.6) is 5.75 Å². The van der Waals surface area contributed by atoms with Crippen molar-refractivity contribution >= 4 is 10.8 Å². The van der Waals surface area contributed by atoms with Gasteiger partial charge in [-0.25, -0.2) is 8.78 Å². The molecule has 4 aromatic carbocycles. The highest BCUT2D eigenvalue weighted by molar-refractivity contribution is 5.89. The monoisotopic (exact) mass is 504 g/mol. The number of hydrogen-bond acceptors (Lipinski definition) is 1. The van der Waals surface area contributed by atoms with E-state index in [1.807, 2.05) is 12.1 Å². The van der Waals surface area contributed by atoms with Gasteiger partial charge < -0.3 is 4.74 Å². The van der Waals surface area contributed by atoms with Gasteiger partial charge in [0.15, 0.2) is 11.6 Å². The van der Waals surface area contributed by atoms with Crippen molar-refractivity contribution in [3.8, 4) is 28.7 Å². The van der Waals surface area contributed by atoms with Crippen LogP contribution in [0.4, 0.5) is 17.6 Å². The Balaban J connectivity index is 1.48. The Labute approximate surface area is 215 Å². The summed E-state index contributed by atoms with van der Waals surface area (Å²) in [5, 5.41) is 1.02. The molecular weight excluding hydrogens is 476 g/mol. The molecular formula is C32H28F4O. The van der Waals surface area contributed by atoms with Crippen LogP contribution < -0.4 is 4.74 Å². The summed E-state index contributed by atoms with van der Waals surface area (Å²) in [6.45, 7) is -0.921. The molecule has 0 unspecified atom stereocenters. The zero-order valence-corrected chi connectivity index (χ0v) is 20.7. The fraction of sp³-hybridized carbons (Fsp3) is 0.250. The van der Waals surface area contributed by atoms with Crippen molar-refractivity contribution in [2.75, 3.05) is 0 Å².